The molecule has 0 saturated heterocycles. The fourth-order valence-corrected chi connectivity index (χ4v) is 2.79. The number of amides is 1. The highest BCUT2D eigenvalue weighted by Crippen LogP contribution is 2.17. The van der Waals surface area contributed by atoms with Gasteiger partial charge in [0.1, 0.15) is 5.69 Å². The van der Waals surface area contributed by atoms with Crippen molar-refractivity contribution in [2.24, 2.45) is 0 Å². The van der Waals surface area contributed by atoms with Crippen LogP contribution in [0.15, 0.2) is 67.3 Å². The minimum Gasteiger partial charge on any atom is -0.326 e. The molecule has 0 saturated carbocycles. The molecule has 1 amide bonds. The van der Waals surface area contributed by atoms with E-state index in [1.54, 1.807) is 6.20 Å². The number of aryl methyl sites for hydroxylation is 1. The molecule has 1 N–H and O–H groups in total. The van der Waals surface area contributed by atoms with Crippen LogP contribution in [-0.4, -0.2) is 25.4 Å². The molecule has 0 aliphatic carbocycles. The number of imidazole rings is 1. The van der Waals surface area contributed by atoms with E-state index < -0.39 is 0 Å². The Labute approximate surface area is 150 Å². The summed E-state index contributed by atoms with van der Waals surface area (Å²) >= 11 is 0. The van der Waals surface area contributed by atoms with Gasteiger partial charge in [-0.1, -0.05) is 24.3 Å². The summed E-state index contributed by atoms with van der Waals surface area (Å²) in [5.41, 5.74) is 4.91. The van der Waals surface area contributed by atoms with Gasteiger partial charge >= 0.3 is 0 Å². The van der Waals surface area contributed by atoms with Crippen molar-refractivity contribution in [3.63, 3.8) is 0 Å². The van der Waals surface area contributed by atoms with Gasteiger partial charge in [-0.05, 0) is 36.8 Å². The average Bonchev–Trinajstić information content (AvgIpc) is 3.06. The Hall–Kier alpha value is -3.54. The van der Waals surface area contributed by atoms with Crippen molar-refractivity contribution in [1.29, 1.82) is 0 Å². The summed E-state index contributed by atoms with van der Waals surface area (Å²) in [4.78, 5) is 24.9. The Morgan fingerprint density at radius 2 is 1.92 bits per heavy atom. The number of aromatic nitrogens is 4. The lowest BCUT2D eigenvalue weighted by molar-refractivity contribution is 0.102. The summed E-state index contributed by atoms with van der Waals surface area (Å²) in [6, 6.07) is 15.8. The van der Waals surface area contributed by atoms with Gasteiger partial charge in [-0.25, -0.2) is 9.97 Å². The number of nitrogens with zero attached hydrogens (tertiary/aromatic N) is 4. The van der Waals surface area contributed by atoms with Gasteiger partial charge in [-0.15, -0.1) is 0 Å². The summed E-state index contributed by atoms with van der Waals surface area (Å²) in [7, 11) is 0. The first-order chi connectivity index (χ1) is 12.7. The van der Waals surface area contributed by atoms with Gasteiger partial charge in [0.15, 0.2) is 0 Å². The Morgan fingerprint density at radius 3 is 2.77 bits per heavy atom. The van der Waals surface area contributed by atoms with Crippen LogP contribution in [0.25, 0.3) is 11.0 Å². The number of para-hydroxylation sites is 2. The molecule has 0 unspecified atom stereocenters. The van der Waals surface area contributed by atoms with Crippen molar-refractivity contribution in [2.45, 2.75) is 13.5 Å². The van der Waals surface area contributed by atoms with E-state index in [0.717, 1.165) is 28.0 Å². The predicted octanol–water partition coefficient (Wildman–Crippen LogP) is 3.44. The first-order valence-electron chi connectivity index (χ1n) is 8.28. The number of hydrogen-bond acceptors (Lipinski definition) is 4. The number of hydrogen-bond donors (Lipinski definition) is 1. The van der Waals surface area contributed by atoms with Crippen molar-refractivity contribution in [2.75, 3.05) is 5.32 Å². The molecule has 0 aliphatic rings. The van der Waals surface area contributed by atoms with Gasteiger partial charge in [0.25, 0.3) is 5.91 Å². The minimum absolute atomic E-state index is 0.275. The normalized spacial score (nSPS) is 10.8. The Bertz CT molecular complexity index is 1070. The standard InChI is InChI=1S/C20H17N5O/c1-14-10-22-18(11-21-14)20(26)24-16-6-4-5-15(9-16)12-25-13-23-17-7-2-3-8-19(17)25/h2-11,13H,12H2,1H3,(H,24,26). The van der Waals surface area contributed by atoms with Crippen LogP contribution < -0.4 is 5.32 Å². The molecule has 6 nitrogen and oxygen atoms in total. The van der Waals surface area contributed by atoms with Crippen LogP contribution in [-0.2, 0) is 6.54 Å². The molecule has 0 radical (unpaired) electrons. The molecule has 4 aromatic rings. The third kappa shape index (κ3) is 3.30. The molecular weight excluding hydrogens is 326 g/mol. The Balaban J connectivity index is 1.53. The molecular formula is C20H17N5O. The summed E-state index contributed by atoms with van der Waals surface area (Å²) in [5.74, 6) is -0.275. The van der Waals surface area contributed by atoms with E-state index in [4.69, 9.17) is 0 Å². The molecule has 0 fully saturated rings. The zero-order valence-corrected chi connectivity index (χ0v) is 14.3. The zero-order valence-electron chi connectivity index (χ0n) is 14.3. The zero-order chi connectivity index (χ0) is 17.9. The number of fused-ring (bicyclic) bond motifs is 1. The fraction of sp³-hybridized carbons (Fsp3) is 0.100. The second-order valence-corrected chi connectivity index (χ2v) is 6.06. The van der Waals surface area contributed by atoms with Crippen LogP contribution in [0.5, 0.6) is 0 Å². The molecule has 0 bridgehead atoms. The lowest BCUT2D eigenvalue weighted by Gasteiger charge is -2.08. The smallest absolute Gasteiger partial charge is 0.275 e. The molecule has 6 heteroatoms. The maximum absolute atomic E-state index is 12.3. The summed E-state index contributed by atoms with van der Waals surface area (Å²) in [6.07, 6.45) is 4.89. The lowest BCUT2D eigenvalue weighted by Crippen LogP contribution is -2.14. The highest BCUT2D eigenvalue weighted by atomic mass is 16.1. The Kier molecular flexibility index (Phi) is 4.15. The molecule has 4 rings (SSSR count). The van der Waals surface area contributed by atoms with Crippen molar-refractivity contribution in [3.05, 3.63) is 84.2 Å². The SMILES string of the molecule is Cc1cnc(C(=O)Nc2cccc(Cn3cnc4ccccc43)c2)cn1. The molecule has 128 valence electrons. The molecule has 0 aliphatic heterocycles. The molecule has 2 aromatic heterocycles. The average molecular weight is 343 g/mol. The first kappa shape index (κ1) is 16.0. The molecule has 2 aromatic carbocycles. The van der Waals surface area contributed by atoms with E-state index in [1.165, 1.54) is 6.20 Å². The number of rotatable bonds is 4. The van der Waals surface area contributed by atoms with Crippen molar-refractivity contribution in [3.8, 4) is 0 Å². The quantitative estimate of drug-likeness (QED) is 0.616. The molecule has 0 atom stereocenters. The Morgan fingerprint density at radius 1 is 1.04 bits per heavy atom. The van der Waals surface area contributed by atoms with E-state index in [0.29, 0.717) is 12.2 Å². The number of anilines is 1. The highest BCUT2D eigenvalue weighted by molar-refractivity contribution is 6.02. The van der Waals surface area contributed by atoms with Gasteiger partial charge < -0.3 is 9.88 Å². The molecule has 0 spiro atoms. The van der Waals surface area contributed by atoms with E-state index in [1.807, 2.05) is 61.8 Å². The third-order valence-electron chi connectivity index (χ3n) is 4.08. The summed E-state index contributed by atoms with van der Waals surface area (Å²) < 4.78 is 2.09. The van der Waals surface area contributed by atoms with Gasteiger partial charge in [0, 0.05) is 18.4 Å². The van der Waals surface area contributed by atoms with Gasteiger partial charge in [-0.3, -0.25) is 9.78 Å². The van der Waals surface area contributed by atoms with E-state index in [9.17, 15) is 4.79 Å². The van der Waals surface area contributed by atoms with Crippen LogP contribution in [0.4, 0.5) is 5.69 Å². The maximum atomic E-state index is 12.3. The van der Waals surface area contributed by atoms with Crippen molar-refractivity contribution in [1.82, 2.24) is 19.5 Å². The first-order valence-corrected chi connectivity index (χ1v) is 8.28. The van der Waals surface area contributed by atoms with Crippen molar-refractivity contribution >= 4 is 22.6 Å². The highest BCUT2D eigenvalue weighted by Gasteiger charge is 2.09. The summed E-state index contributed by atoms with van der Waals surface area (Å²) in [5, 5.41) is 2.87. The number of carbonyl (C=O) groups is 1. The number of nitrogens with one attached hydrogen (secondary N) is 1. The summed E-state index contributed by atoms with van der Waals surface area (Å²) in [6.45, 7) is 2.51. The van der Waals surface area contributed by atoms with Gasteiger partial charge in [0.05, 0.1) is 29.3 Å². The second kappa shape index (κ2) is 6.76. The largest absolute Gasteiger partial charge is 0.326 e. The lowest BCUT2D eigenvalue weighted by atomic mass is 10.2. The molecule has 26 heavy (non-hydrogen) atoms. The van der Waals surface area contributed by atoms with Gasteiger partial charge in [-0.2, -0.15) is 0 Å². The number of carbonyl (C=O) groups excluding carboxylic acids is 1. The number of benzene rings is 2. The van der Waals surface area contributed by atoms with E-state index in [-0.39, 0.29) is 5.91 Å². The fourth-order valence-electron chi connectivity index (χ4n) is 2.79. The second-order valence-electron chi connectivity index (χ2n) is 6.06. The van der Waals surface area contributed by atoms with E-state index >= 15 is 0 Å². The van der Waals surface area contributed by atoms with Crippen molar-refractivity contribution < 1.29 is 4.79 Å². The van der Waals surface area contributed by atoms with Crippen LogP contribution in [0, 0.1) is 6.92 Å². The maximum Gasteiger partial charge on any atom is 0.275 e. The monoisotopic (exact) mass is 343 g/mol. The predicted molar refractivity (Wildman–Crippen MR) is 100.0 cm³/mol. The van der Waals surface area contributed by atoms with Crippen LogP contribution in [0.3, 0.4) is 0 Å². The topological polar surface area (TPSA) is 72.7 Å². The molecule has 2 heterocycles. The minimum atomic E-state index is -0.275. The van der Waals surface area contributed by atoms with Crippen LogP contribution in [0.2, 0.25) is 0 Å². The van der Waals surface area contributed by atoms with E-state index in [2.05, 4.69) is 24.8 Å². The third-order valence-corrected chi connectivity index (χ3v) is 4.08. The van der Waals surface area contributed by atoms with Gasteiger partial charge in [0.2, 0.25) is 0 Å². The van der Waals surface area contributed by atoms with Crippen LogP contribution in [0.1, 0.15) is 21.7 Å². The van der Waals surface area contributed by atoms with Crippen LogP contribution >= 0.6 is 0 Å².